The van der Waals surface area contributed by atoms with Crippen LogP contribution in [0.3, 0.4) is 0 Å². The van der Waals surface area contributed by atoms with Crippen LogP contribution in [0.5, 0.6) is 0 Å². The topological polar surface area (TPSA) is 128 Å². The van der Waals surface area contributed by atoms with Gasteiger partial charge in [0, 0.05) is 37.5 Å². The molecular weight excluding hydrogens is 466 g/mol. The molecule has 0 aliphatic carbocycles. The van der Waals surface area contributed by atoms with Crippen LogP contribution in [-0.4, -0.2) is 54.1 Å². The highest BCUT2D eigenvalue weighted by molar-refractivity contribution is 5.94. The number of aromatic nitrogens is 7. The molecule has 1 aliphatic heterocycles. The van der Waals surface area contributed by atoms with Crippen LogP contribution < -0.4 is 10.2 Å². The minimum atomic E-state index is -0.00960. The molecule has 0 unspecified atom stereocenters. The van der Waals surface area contributed by atoms with E-state index in [-0.39, 0.29) is 5.91 Å². The van der Waals surface area contributed by atoms with Gasteiger partial charge in [0.25, 0.3) is 0 Å². The first-order chi connectivity index (χ1) is 18.2. The Labute approximate surface area is 214 Å². The predicted molar refractivity (Wildman–Crippen MR) is 144 cm³/mol. The van der Waals surface area contributed by atoms with Gasteiger partial charge in [0.1, 0.15) is 11.0 Å². The SMILES string of the molecule is CCCCC(=O)Nc1cncc(-c2ccc3[nH]nc(-c4nc5c(N6CCCCC6)nccc5[nH]4)c3n2)c1. The molecule has 0 atom stereocenters. The van der Waals surface area contributed by atoms with Crippen LogP contribution in [-0.2, 0) is 4.79 Å². The second kappa shape index (κ2) is 9.96. The van der Waals surface area contributed by atoms with Crippen molar-refractivity contribution in [3.05, 3.63) is 42.9 Å². The van der Waals surface area contributed by atoms with Crippen molar-refractivity contribution >= 4 is 39.5 Å². The van der Waals surface area contributed by atoms with Gasteiger partial charge in [-0.25, -0.2) is 15.0 Å². The van der Waals surface area contributed by atoms with Crippen LogP contribution >= 0.6 is 0 Å². The Morgan fingerprint density at radius 2 is 1.95 bits per heavy atom. The second-order valence-corrected chi connectivity index (χ2v) is 9.44. The van der Waals surface area contributed by atoms with Gasteiger partial charge in [-0.1, -0.05) is 13.3 Å². The molecule has 3 N–H and O–H groups in total. The maximum atomic E-state index is 12.2. The number of pyridine rings is 3. The van der Waals surface area contributed by atoms with E-state index in [2.05, 4.69) is 42.3 Å². The molecule has 0 radical (unpaired) electrons. The molecule has 10 nitrogen and oxygen atoms in total. The molecule has 0 spiro atoms. The minimum absolute atomic E-state index is 0.00960. The molecule has 1 amide bonds. The largest absolute Gasteiger partial charge is 0.355 e. The summed E-state index contributed by atoms with van der Waals surface area (Å²) in [6, 6.07) is 7.70. The molecular formula is C27H29N9O. The number of anilines is 2. The molecule has 0 saturated carbocycles. The maximum absolute atomic E-state index is 12.2. The molecule has 1 saturated heterocycles. The zero-order valence-corrected chi connectivity index (χ0v) is 20.8. The van der Waals surface area contributed by atoms with Gasteiger partial charge < -0.3 is 15.2 Å². The Balaban J connectivity index is 1.34. The molecule has 188 valence electrons. The average Bonchev–Trinajstić information content (AvgIpc) is 3.56. The number of aromatic amines is 2. The summed E-state index contributed by atoms with van der Waals surface area (Å²) in [7, 11) is 0. The second-order valence-electron chi connectivity index (χ2n) is 9.44. The lowest BCUT2D eigenvalue weighted by Crippen LogP contribution is -2.30. The van der Waals surface area contributed by atoms with Crippen molar-refractivity contribution in [2.45, 2.75) is 45.4 Å². The molecule has 6 heterocycles. The van der Waals surface area contributed by atoms with Gasteiger partial charge in [-0.05, 0) is 49.9 Å². The van der Waals surface area contributed by atoms with Gasteiger partial charge in [-0.3, -0.25) is 14.9 Å². The van der Waals surface area contributed by atoms with Crippen LogP contribution in [0, 0.1) is 0 Å². The van der Waals surface area contributed by atoms with Gasteiger partial charge in [-0.15, -0.1) is 0 Å². The zero-order chi connectivity index (χ0) is 25.2. The number of rotatable bonds is 7. The summed E-state index contributed by atoms with van der Waals surface area (Å²) in [5.74, 6) is 1.55. The number of fused-ring (bicyclic) bond motifs is 2. The van der Waals surface area contributed by atoms with E-state index in [0.29, 0.717) is 29.1 Å². The summed E-state index contributed by atoms with van der Waals surface area (Å²) in [6.07, 6.45) is 11.2. The first kappa shape index (κ1) is 23.1. The summed E-state index contributed by atoms with van der Waals surface area (Å²) in [4.78, 5) is 36.7. The first-order valence-electron chi connectivity index (χ1n) is 12.9. The van der Waals surface area contributed by atoms with Crippen molar-refractivity contribution in [3.8, 4) is 22.8 Å². The maximum Gasteiger partial charge on any atom is 0.224 e. The van der Waals surface area contributed by atoms with Crippen molar-refractivity contribution in [3.63, 3.8) is 0 Å². The monoisotopic (exact) mass is 495 g/mol. The van der Waals surface area contributed by atoms with Crippen LogP contribution in [0.1, 0.15) is 45.4 Å². The highest BCUT2D eigenvalue weighted by Crippen LogP contribution is 2.31. The Kier molecular flexibility index (Phi) is 6.21. The quantitative estimate of drug-likeness (QED) is 0.287. The number of carbonyl (C=O) groups excluding carboxylic acids is 1. The fraction of sp³-hybridized carbons (Fsp3) is 0.333. The highest BCUT2D eigenvalue weighted by atomic mass is 16.1. The number of imidazole rings is 1. The third-order valence-electron chi connectivity index (χ3n) is 6.74. The molecule has 0 bridgehead atoms. The minimum Gasteiger partial charge on any atom is -0.355 e. The van der Waals surface area contributed by atoms with Gasteiger partial charge >= 0.3 is 0 Å². The number of nitrogens with one attached hydrogen (secondary N) is 3. The molecule has 0 aromatic carbocycles. The number of H-pyrrole nitrogens is 2. The Bertz CT molecular complexity index is 1570. The lowest BCUT2D eigenvalue weighted by atomic mass is 10.1. The van der Waals surface area contributed by atoms with E-state index < -0.39 is 0 Å². The Morgan fingerprint density at radius 3 is 2.81 bits per heavy atom. The fourth-order valence-electron chi connectivity index (χ4n) is 4.80. The van der Waals surface area contributed by atoms with Gasteiger partial charge in [0.15, 0.2) is 17.3 Å². The Morgan fingerprint density at radius 1 is 1.05 bits per heavy atom. The standard InChI is InChI=1S/C27H29N9O/c1-2-3-7-22(37)30-18-14-17(15-28-16-18)19-8-9-21-23(31-19)25(35-34-21)26-32-20-10-11-29-27(24(20)33-26)36-12-5-4-6-13-36/h8-11,14-16H,2-7,12-13H2,1H3,(H,30,37)(H,32,33)(H,34,35). The average molecular weight is 496 g/mol. The van der Waals surface area contributed by atoms with Gasteiger partial charge in [-0.2, -0.15) is 5.10 Å². The lowest BCUT2D eigenvalue weighted by molar-refractivity contribution is -0.116. The normalized spacial score (nSPS) is 13.9. The van der Waals surface area contributed by atoms with E-state index in [0.717, 1.165) is 59.6 Å². The summed E-state index contributed by atoms with van der Waals surface area (Å²) < 4.78 is 0. The number of nitrogens with zero attached hydrogens (tertiary/aromatic N) is 6. The number of hydrogen-bond acceptors (Lipinski definition) is 7. The molecule has 6 rings (SSSR count). The molecule has 37 heavy (non-hydrogen) atoms. The number of carbonyl (C=O) groups is 1. The smallest absolute Gasteiger partial charge is 0.224 e. The lowest BCUT2D eigenvalue weighted by Gasteiger charge is -2.27. The summed E-state index contributed by atoms with van der Waals surface area (Å²) >= 11 is 0. The molecule has 10 heteroatoms. The van der Waals surface area contributed by atoms with Crippen molar-refractivity contribution in [1.82, 2.24) is 35.1 Å². The summed E-state index contributed by atoms with van der Waals surface area (Å²) in [5.41, 5.74) is 6.14. The van der Waals surface area contributed by atoms with E-state index in [1.165, 1.54) is 19.3 Å². The number of amides is 1. The van der Waals surface area contributed by atoms with Crippen molar-refractivity contribution in [2.24, 2.45) is 0 Å². The summed E-state index contributed by atoms with van der Waals surface area (Å²) in [6.45, 7) is 4.06. The first-order valence-corrected chi connectivity index (χ1v) is 12.9. The van der Waals surface area contributed by atoms with Crippen LogP contribution in [0.2, 0.25) is 0 Å². The molecule has 5 aromatic heterocycles. The molecule has 5 aromatic rings. The highest BCUT2D eigenvalue weighted by Gasteiger charge is 2.20. The van der Waals surface area contributed by atoms with Crippen LogP contribution in [0.25, 0.3) is 44.8 Å². The van der Waals surface area contributed by atoms with Crippen LogP contribution in [0.4, 0.5) is 11.5 Å². The fourth-order valence-corrected chi connectivity index (χ4v) is 4.80. The number of unbranched alkanes of at least 4 members (excludes halogenated alkanes) is 1. The third-order valence-corrected chi connectivity index (χ3v) is 6.74. The van der Waals surface area contributed by atoms with Gasteiger partial charge in [0.2, 0.25) is 5.91 Å². The van der Waals surface area contributed by atoms with E-state index in [1.807, 2.05) is 30.5 Å². The number of hydrogen-bond donors (Lipinski definition) is 3. The third kappa shape index (κ3) is 4.62. The van der Waals surface area contributed by atoms with Gasteiger partial charge in [0.05, 0.1) is 28.6 Å². The molecule has 1 fully saturated rings. The van der Waals surface area contributed by atoms with Crippen LogP contribution in [0.15, 0.2) is 42.9 Å². The zero-order valence-electron chi connectivity index (χ0n) is 20.8. The summed E-state index contributed by atoms with van der Waals surface area (Å²) in [5, 5.41) is 10.5. The van der Waals surface area contributed by atoms with Crippen molar-refractivity contribution in [1.29, 1.82) is 0 Å². The van der Waals surface area contributed by atoms with Crippen molar-refractivity contribution < 1.29 is 4.79 Å². The number of piperidine rings is 1. The van der Waals surface area contributed by atoms with E-state index in [1.54, 1.807) is 12.4 Å². The van der Waals surface area contributed by atoms with E-state index >= 15 is 0 Å². The Hall–Kier alpha value is -4.34. The molecule has 1 aliphatic rings. The van der Waals surface area contributed by atoms with E-state index in [4.69, 9.17) is 9.97 Å². The van der Waals surface area contributed by atoms with Crippen molar-refractivity contribution in [2.75, 3.05) is 23.3 Å². The predicted octanol–water partition coefficient (Wildman–Crippen LogP) is 5.08. The van der Waals surface area contributed by atoms with E-state index in [9.17, 15) is 4.79 Å².